The Kier molecular flexibility index (Phi) is 4.87. The number of aromatic nitrogens is 4. The van der Waals surface area contributed by atoms with Gasteiger partial charge in [-0.2, -0.15) is 0 Å². The van der Waals surface area contributed by atoms with Crippen LogP contribution in [-0.2, 0) is 0 Å². The summed E-state index contributed by atoms with van der Waals surface area (Å²) in [5, 5.41) is 5.95. The lowest BCUT2D eigenvalue weighted by Crippen LogP contribution is -1.97. The molecule has 9 rings (SSSR count). The molecule has 0 unspecified atom stereocenters. The number of imidazole rings is 1. The lowest BCUT2D eigenvalue weighted by atomic mass is 10.0. The molecule has 0 spiro atoms. The monoisotopic (exact) mass is 536 g/mol. The van der Waals surface area contributed by atoms with E-state index in [2.05, 4.69) is 136 Å². The molecule has 196 valence electrons. The minimum absolute atomic E-state index is 0.910. The van der Waals surface area contributed by atoms with Crippen LogP contribution in [0.3, 0.4) is 0 Å². The Labute approximate surface area is 241 Å². The van der Waals surface area contributed by atoms with E-state index in [-0.39, 0.29) is 0 Å². The first-order chi connectivity index (χ1) is 20.9. The van der Waals surface area contributed by atoms with Crippen LogP contribution in [0.1, 0.15) is 0 Å². The summed E-state index contributed by atoms with van der Waals surface area (Å²) in [6, 6.07) is 49.2. The summed E-state index contributed by atoms with van der Waals surface area (Å²) in [6.07, 6.45) is 1.86. The van der Waals surface area contributed by atoms with Crippen LogP contribution in [-0.4, -0.2) is 18.9 Å². The smallest absolute Gasteiger partial charge is 0.145 e. The number of benzene rings is 5. The summed E-state index contributed by atoms with van der Waals surface area (Å²) in [5.74, 6) is 1.85. The second kappa shape index (κ2) is 8.88. The standard InChI is InChI=1S/C38H24N4/c1-3-13-25(14-4-1)36-37-29-19-8-7-17-27(29)30-23-33-31(24-34(30)42(37)38(40-36)26-15-5-2-6-16-26)28-18-9-10-20-32(28)41(33)35-21-11-12-22-39-35/h1-24H. The molecule has 4 heteroatoms. The molecule has 4 nitrogen and oxygen atoms in total. The molecule has 0 fully saturated rings. The first-order valence-corrected chi connectivity index (χ1v) is 14.2. The Bertz CT molecular complexity index is 2440. The van der Waals surface area contributed by atoms with Crippen molar-refractivity contribution in [2.24, 2.45) is 0 Å². The quantitative estimate of drug-likeness (QED) is 0.211. The largest absolute Gasteiger partial charge is 0.294 e. The molecule has 5 aromatic carbocycles. The van der Waals surface area contributed by atoms with Crippen LogP contribution in [0.25, 0.3) is 77.5 Å². The van der Waals surface area contributed by atoms with Gasteiger partial charge in [0, 0.05) is 38.9 Å². The van der Waals surface area contributed by atoms with Gasteiger partial charge >= 0.3 is 0 Å². The Morgan fingerprint density at radius 3 is 1.83 bits per heavy atom. The third-order valence-electron chi connectivity index (χ3n) is 8.34. The molecule has 0 bridgehead atoms. The Morgan fingerprint density at radius 1 is 0.452 bits per heavy atom. The van der Waals surface area contributed by atoms with E-state index in [1.165, 1.54) is 26.9 Å². The maximum absolute atomic E-state index is 5.37. The Hall–Kier alpha value is -5.74. The predicted molar refractivity (Wildman–Crippen MR) is 173 cm³/mol. The van der Waals surface area contributed by atoms with E-state index < -0.39 is 0 Å². The van der Waals surface area contributed by atoms with Gasteiger partial charge in [-0.1, -0.05) is 109 Å². The van der Waals surface area contributed by atoms with E-state index in [9.17, 15) is 0 Å². The van der Waals surface area contributed by atoms with Crippen molar-refractivity contribution in [1.82, 2.24) is 18.9 Å². The lowest BCUT2D eigenvalue weighted by Gasteiger charge is -2.13. The van der Waals surface area contributed by atoms with Gasteiger partial charge in [-0.05, 0) is 35.7 Å². The summed E-state index contributed by atoms with van der Waals surface area (Å²) in [7, 11) is 0. The van der Waals surface area contributed by atoms with Gasteiger partial charge in [0.25, 0.3) is 0 Å². The first-order valence-electron chi connectivity index (χ1n) is 14.2. The topological polar surface area (TPSA) is 35.1 Å². The summed E-state index contributed by atoms with van der Waals surface area (Å²) in [5.41, 5.74) is 7.71. The van der Waals surface area contributed by atoms with Crippen molar-refractivity contribution < 1.29 is 0 Å². The number of nitrogens with zero attached hydrogens (tertiary/aromatic N) is 4. The van der Waals surface area contributed by atoms with Crippen molar-refractivity contribution in [3.8, 4) is 28.5 Å². The maximum Gasteiger partial charge on any atom is 0.145 e. The molecule has 0 saturated heterocycles. The van der Waals surface area contributed by atoms with Gasteiger partial charge in [-0.15, -0.1) is 0 Å². The highest BCUT2D eigenvalue weighted by atomic mass is 15.1. The zero-order valence-corrected chi connectivity index (χ0v) is 22.6. The van der Waals surface area contributed by atoms with Crippen LogP contribution in [0.15, 0.2) is 146 Å². The molecule has 0 radical (unpaired) electrons. The van der Waals surface area contributed by atoms with Gasteiger partial charge in [0.15, 0.2) is 0 Å². The molecule has 0 amide bonds. The van der Waals surface area contributed by atoms with Crippen molar-refractivity contribution in [2.75, 3.05) is 0 Å². The molecule has 0 saturated carbocycles. The van der Waals surface area contributed by atoms with E-state index >= 15 is 0 Å². The van der Waals surface area contributed by atoms with Crippen molar-refractivity contribution in [2.45, 2.75) is 0 Å². The van der Waals surface area contributed by atoms with E-state index in [1.54, 1.807) is 0 Å². The first kappa shape index (κ1) is 23.0. The molecule has 4 aromatic heterocycles. The number of para-hydroxylation sites is 1. The molecule has 4 heterocycles. The highest BCUT2D eigenvalue weighted by molar-refractivity contribution is 6.21. The van der Waals surface area contributed by atoms with Crippen molar-refractivity contribution >= 4 is 49.0 Å². The molecule has 9 aromatic rings. The maximum atomic E-state index is 5.37. The van der Waals surface area contributed by atoms with Gasteiger partial charge in [-0.3, -0.25) is 8.97 Å². The van der Waals surface area contributed by atoms with Gasteiger partial charge in [0.2, 0.25) is 0 Å². The number of rotatable bonds is 3. The molecular formula is C38H24N4. The molecule has 0 aliphatic carbocycles. The fourth-order valence-electron chi connectivity index (χ4n) is 6.54. The predicted octanol–water partition coefficient (Wildman–Crippen LogP) is 9.47. The summed E-state index contributed by atoms with van der Waals surface area (Å²) >= 11 is 0. The summed E-state index contributed by atoms with van der Waals surface area (Å²) in [4.78, 5) is 10.1. The van der Waals surface area contributed by atoms with E-state index in [0.29, 0.717) is 0 Å². The molecule has 0 aliphatic heterocycles. The van der Waals surface area contributed by atoms with Crippen LogP contribution in [0.2, 0.25) is 0 Å². The van der Waals surface area contributed by atoms with E-state index in [4.69, 9.17) is 9.97 Å². The average Bonchev–Trinajstić information content (AvgIpc) is 3.62. The highest BCUT2D eigenvalue weighted by Crippen LogP contribution is 2.42. The van der Waals surface area contributed by atoms with Crippen molar-refractivity contribution in [3.63, 3.8) is 0 Å². The van der Waals surface area contributed by atoms with Gasteiger partial charge in [-0.25, -0.2) is 9.97 Å². The average molecular weight is 537 g/mol. The number of hydrogen-bond donors (Lipinski definition) is 0. The fraction of sp³-hybridized carbons (Fsp3) is 0. The van der Waals surface area contributed by atoms with E-state index in [0.717, 1.165) is 50.5 Å². The number of hydrogen-bond acceptors (Lipinski definition) is 2. The van der Waals surface area contributed by atoms with Gasteiger partial charge < -0.3 is 0 Å². The Balaban J connectivity index is 1.54. The summed E-state index contributed by atoms with van der Waals surface area (Å²) in [6.45, 7) is 0. The molecule has 0 atom stereocenters. The fourth-order valence-corrected chi connectivity index (χ4v) is 6.54. The Morgan fingerprint density at radius 2 is 1.07 bits per heavy atom. The van der Waals surface area contributed by atoms with Crippen molar-refractivity contribution in [3.05, 3.63) is 146 Å². The van der Waals surface area contributed by atoms with Gasteiger partial charge in [0.1, 0.15) is 11.6 Å². The zero-order chi connectivity index (χ0) is 27.6. The van der Waals surface area contributed by atoms with Crippen LogP contribution < -0.4 is 0 Å². The molecule has 0 aliphatic rings. The second-order valence-corrected chi connectivity index (χ2v) is 10.7. The minimum Gasteiger partial charge on any atom is -0.294 e. The minimum atomic E-state index is 0.910. The number of pyridine rings is 2. The molecule has 42 heavy (non-hydrogen) atoms. The SMILES string of the molecule is c1ccc(-c2nc(-c3ccccc3)n3c4cc5c6ccccc6n(-c6ccccn6)c5cc4c4ccccc4c23)cc1. The van der Waals surface area contributed by atoms with Crippen LogP contribution >= 0.6 is 0 Å². The summed E-state index contributed by atoms with van der Waals surface area (Å²) < 4.78 is 4.66. The van der Waals surface area contributed by atoms with Crippen LogP contribution in [0.5, 0.6) is 0 Å². The molecule has 0 N–H and O–H groups in total. The van der Waals surface area contributed by atoms with Crippen molar-refractivity contribution in [1.29, 1.82) is 0 Å². The molecular weight excluding hydrogens is 512 g/mol. The third-order valence-corrected chi connectivity index (χ3v) is 8.34. The zero-order valence-electron chi connectivity index (χ0n) is 22.6. The van der Waals surface area contributed by atoms with E-state index in [1.807, 2.05) is 18.3 Å². The highest BCUT2D eigenvalue weighted by Gasteiger charge is 2.22. The number of fused-ring (bicyclic) bond motifs is 9. The normalized spacial score (nSPS) is 11.8. The second-order valence-electron chi connectivity index (χ2n) is 10.7. The van der Waals surface area contributed by atoms with Crippen LogP contribution in [0.4, 0.5) is 0 Å². The van der Waals surface area contributed by atoms with Crippen LogP contribution in [0, 0.1) is 0 Å². The lowest BCUT2D eigenvalue weighted by molar-refractivity contribution is 1.08. The van der Waals surface area contributed by atoms with Gasteiger partial charge in [0.05, 0.1) is 27.8 Å². The third kappa shape index (κ3) is 3.23.